The van der Waals surface area contributed by atoms with Gasteiger partial charge in [-0.25, -0.2) is 4.79 Å². The number of fused-ring (bicyclic) bond motifs is 1. The molecule has 1 amide bonds. The first kappa shape index (κ1) is 23.9. The van der Waals surface area contributed by atoms with Crippen LogP contribution < -0.4 is 0 Å². The van der Waals surface area contributed by atoms with Gasteiger partial charge in [0.05, 0.1) is 25.9 Å². The zero-order chi connectivity index (χ0) is 24.1. The minimum atomic E-state index is -0.920. The summed E-state index contributed by atoms with van der Waals surface area (Å²) in [6.07, 6.45) is 2.53. The number of rotatable bonds is 8. The molecule has 0 aromatic heterocycles. The molecule has 0 fully saturated rings. The van der Waals surface area contributed by atoms with E-state index in [-0.39, 0.29) is 24.8 Å². The molecule has 2 unspecified atom stereocenters. The van der Waals surface area contributed by atoms with Crippen LogP contribution in [0, 0.1) is 13.8 Å². The maximum absolute atomic E-state index is 13.9. The van der Waals surface area contributed by atoms with Crippen molar-refractivity contribution < 1.29 is 19.2 Å². The Labute approximate surface area is 202 Å². The fourth-order valence-electron chi connectivity index (χ4n) is 5.70. The van der Waals surface area contributed by atoms with Gasteiger partial charge in [0.25, 0.3) is 0 Å². The van der Waals surface area contributed by atoms with Gasteiger partial charge < -0.3 is 5.11 Å². The fraction of sp³-hybridized carbons (Fsp3) is 0.333. The van der Waals surface area contributed by atoms with Gasteiger partial charge in [-0.05, 0) is 43.0 Å². The highest BCUT2D eigenvalue weighted by Gasteiger charge is 2.48. The second-order valence-corrected chi connectivity index (χ2v) is 9.57. The molecule has 4 nitrogen and oxygen atoms in total. The number of quaternary nitrogens is 1. The van der Waals surface area contributed by atoms with Gasteiger partial charge >= 0.3 is 11.9 Å². The lowest BCUT2D eigenvalue weighted by molar-refractivity contribution is -0.882. The molecule has 176 valence electrons. The van der Waals surface area contributed by atoms with E-state index >= 15 is 0 Å². The van der Waals surface area contributed by atoms with Crippen LogP contribution in [0.1, 0.15) is 58.7 Å². The Kier molecular flexibility index (Phi) is 7.28. The number of amides is 1. The molecule has 1 aliphatic rings. The third-order valence-corrected chi connectivity index (χ3v) is 7.23. The van der Waals surface area contributed by atoms with E-state index in [2.05, 4.69) is 50.2 Å². The van der Waals surface area contributed by atoms with Crippen LogP contribution in [0.5, 0.6) is 0 Å². The largest absolute Gasteiger partial charge is 0.481 e. The lowest BCUT2D eigenvalue weighted by atomic mass is 9.82. The molecule has 0 saturated heterocycles. The van der Waals surface area contributed by atoms with Crippen molar-refractivity contribution in [3.8, 4) is 0 Å². The first-order valence-electron chi connectivity index (χ1n) is 12.2. The predicted molar refractivity (Wildman–Crippen MR) is 135 cm³/mol. The summed E-state index contributed by atoms with van der Waals surface area (Å²) in [7, 11) is 0. The van der Waals surface area contributed by atoms with E-state index in [0.717, 1.165) is 24.8 Å². The van der Waals surface area contributed by atoms with Gasteiger partial charge in [-0.2, -0.15) is 0 Å². The number of aliphatic carboxylic acids is 1. The third-order valence-electron chi connectivity index (χ3n) is 7.23. The first-order valence-corrected chi connectivity index (χ1v) is 12.2. The van der Waals surface area contributed by atoms with Crippen LogP contribution in [-0.4, -0.2) is 34.6 Å². The highest BCUT2D eigenvalue weighted by molar-refractivity contribution is 5.77. The van der Waals surface area contributed by atoms with Crippen molar-refractivity contribution >= 4 is 11.9 Å². The number of hydrogen-bond acceptors (Lipinski definition) is 2. The summed E-state index contributed by atoms with van der Waals surface area (Å²) in [6.45, 7) is 5.67. The highest BCUT2D eigenvalue weighted by atomic mass is 16.4. The topological polar surface area (TPSA) is 54.4 Å². The Morgan fingerprint density at radius 3 is 2.29 bits per heavy atom. The summed E-state index contributed by atoms with van der Waals surface area (Å²) in [4.78, 5) is 25.3. The quantitative estimate of drug-likeness (QED) is 0.437. The zero-order valence-corrected chi connectivity index (χ0v) is 20.2. The summed E-state index contributed by atoms with van der Waals surface area (Å²) < 4.78 is 0.292. The average molecular weight is 457 g/mol. The second-order valence-electron chi connectivity index (χ2n) is 9.57. The van der Waals surface area contributed by atoms with Crippen molar-refractivity contribution in [1.29, 1.82) is 0 Å². The molecule has 4 heteroatoms. The standard InChI is InChI=1S/C30H33NO3/c1-22-20-23(2)26-17-19-31(28(32)15-16-29(33)34,18-9-12-24-10-5-3-6-11-24)30(27(26)21-22)25-13-7-4-8-14-25/h3-8,10-11,13-14,20-21,30H,9,12,15-19H2,1-2H3/p+1. The van der Waals surface area contributed by atoms with E-state index in [4.69, 9.17) is 0 Å². The number of hydrogen-bond donors (Lipinski definition) is 1. The van der Waals surface area contributed by atoms with Crippen LogP contribution in [0.25, 0.3) is 0 Å². The van der Waals surface area contributed by atoms with Gasteiger partial charge in [-0.15, -0.1) is 0 Å². The van der Waals surface area contributed by atoms with Crippen molar-refractivity contribution in [3.63, 3.8) is 0 Å². The fourth-order valence-corrected chi connectivity index (χ4v) is 5.70. The zero-order valence-electron chi connectivity index (χ0n) is 20.2. The SMILES string of the molecule is Cc1cc(C)c2c(c1)C(c1ccccc1)[N+](CCCc1ccccc1)(C(=O)CCC(=O)O)CC2. The maximum Gasteiger partial charge on any atom is 0.315 e. The molecule has 34 heavy (non-hydrogen) atoms. The Hall–Kier alpha value is -3.24. The van der Waals surface area contributed by atoms with Crippen LogP contribution in [0.4, 0.5) is 0 Å². The van der Waals surface area contributed by atoms with Crippen LogP contribution >= 0.6 is 0 Å². The number of carboxylic acids is 1. The molecule has 1 N–H and O–H groups in total. The summed E-state index contributed by atoms with van der Waals surface area (Å²) in [5.74, 6) is -0.884. The van der Waals surface area contributed by atoms with Crippen molar-refractivity contribution in [2.75, 3.05) is 13.1 Å². The van der Waals surface area contributed by atoms with Crippen LogP contribution in [-0.2, 0) is 22.4 Å². The molecule has 1 heterocycles. The van der Waals surface area contributed by atoms with Crippen molar-refractivity contribution in [2.45, 2.75) is 52.0 Å². The van der Waals surface area contributed by atoms with E-state index in [9.17, 15) is 14.7 Å². The molecule has 3 aromatic rings. The molecular weight excluding hydrogens is 422 g/mol. The lowest BCUT2D eigenvalue weighted by Crippen LogP contribution is -2.59. The van der Waals surface area contributed by atoms with E-state index < -0.39 is 5.97 Å². The summed E-state index contributed by atoms with van der Waals surface area (Å²) in [5, 5.41) is 9.32. The maximum atomic E-state index is 13.9. The van der Waals surface area contributed by atoms with Gasteiger partial charge in [-0.1, -0.05) is 72.3 Å². The van der Waals surface area contributed by atoms with Gasteiger partial charge in [0.1, 0.15) is 6.04 Å². The summed E-state index contributed by atoms with van der Waals surface area (Å²) >= 11 is 0. The van der Waals surface area contributed by atoms with Gasteiger partial charge in [0, 0.05) is 24.0 Å². The number of benzene rings is 3. The van der Waals surface area contributed by atoms with E-state index in [1.54, 1.807) is 0 Å². The first-order chi connectivity index (χ1) is 16.4. The molecule has 4 rings (SSSR count). The number of carbonyl (C=O) groups is 2. The molecule has 0 radical (unpaired) electrons. The molecule has 3 aromatic carbocycles. The monoisotopic (exact) mass is 456 g/mol. The third kappa shape index (κ3) is 4.97. The van der Waals surface area contributed by atoms with Gasteiger partial charge in [0.15, 0.2) is 0 Å². The van der Waals surface area contributed by atoms with Gasteiger partial charge in [-0.3, -0.25) is 9.28 Å². The lowest BCUT2D eigenvalue weighted by Gasteiger charge is -2.47. The minimum Gasteiger partial charge on any atom is -0.481 e. The van der Waals surface area contributed by atoms with E-state index in [1.165, 1.54) is 27.8 Å². The Morgan fingerprint density at radius 2 is 1.62 bits per heavy atom. The predicted octanol–water partition coefficient (Wildman–Crippen LogP) is 5.79. The molecule has 0 saturated carbocycles. The number of carbonyl (C=O) groups excluding carboxylic acids is 1. The second kappa shape index (κ2) is 10.4. The highest BCUT2D eigenvalue weighted by Crippen LogP contribution is 2.43. The number of nitrogens with zero attached hydrogens (tertiary/aromatic N) is 1. The Morgan fingerprint density at radius 1 is 0.941 bits per heavy atom. The van der Waals surface area contributed by atoms with Crippen LogP contribution in [0.2, 0.25) is 0 Å². The summed E-state index contributed by atoms with van der Waals surface area (Å²) in [6, 6.07) is 25.0. The van der Waals surface area contributed by atoms with Crippen LogP contribution in [0.3, 0.4) is 0 Å². The van der Waals surface area contributed by atoms with Crippen molar-refractivity contribution in [1.82, 2.24) is 0 Å². The molecule has 0 bridgehead atoms. The molecular formula is C30H34NO3+. The minimum absolute atomic E-state index is 0.0362. The van der Waals surface area contributed by atoms with Gasteiger partial charge in [0.2, 0.25) is 0 Å². The van der Waals surface area contributed by atoms with Crippen LogP contribution in [0.15, 0.2) is 72.8 Å². The Bertz CT molecular complexity index is 1160. The summed E-state index contributed by atoms with van der Waals surface area (Å²) in [5.41, 5.74) is 7.41. The smallest absolute Gasteiger partial charge is 0.315 e. The normalized spacial score (nSPS) is 19.4. The molecule has 1 aliphatic heterocycles. The van der Waals surface area contributed by atoms with Crippen molar-refractivity contribution in [2.24, 2.45) is 0 Å². The van der Waals surface area contributed by atoms with Crippen molar-refractivity contribution in [3.05, 3.63) is 106 Å². The Balaban J connectivity index is 1.79. The number of carboxylic acid groups (broad SMARTS) is 1. The average Bonchev–Trinajstić information content (AvgIpc) is 2.83. The molecule has 0 aliphatic carbocycles. The number of aryl methyl sites for hydroxylation is 3. The molecule has 2 atom stereocenters. The van der Waals surface area contributed by atoms with E-state index in [0.29, 0.717) is 17.6 Å². The molecule has 0 spiro atoms. The van der Waals surface area contributed by atoms with E-state index in [1.807, 2.05) is 36.4 Å².